The standard InChI is InChI=1S/C9H17NO/c1-4-6-8(5-2)9(11)7-10-3/h4-6,9-11H,7H2,1-3H3/b6-4-,8-5+. The SMILES string of the molecule is C/C=C\C(=C/C)C(O)CNC. The van der Waals surface area contributed by atoms with E-state index in [1.165, 1.54) is 0 Å². The number of nitrogens with one attached hydrogen (secondary N) is 1. The van der Waals surface area contributed by atoms with Gasteiger partial charge in [0.2, 0.25) is 0 Å². The lowest BCUT2D eigenvalue weighted by molar-refractivity contribution is 0.213. The Hall–Kier alpha value is -0.600. The van der Waals surface area contributed by atoms with Crippen LogP contribution in [0.15, 0.2) is 23.8 Å². The van der Waals surface area contributed by atoms with Gasteiger partial charge in [-0.3, -0.25) is 0 Å². The van der Waals surface area contributed by atoms with Crippen molar-refractivity contribution >= 4 is 0 Å². The van der Waals surface area contributed by atoms with Gasteiger partial charge in [0, 0.05) is 6.54 Å². The van der Waals surface area contributed by atoms with Crippen LogP contribution in [0.4, 0.5) is 0 Å². The van der Waals surface area contributed by atoms with Gasteiger partial charge in [0.25, 0.3) is 0 Å². The molecule has 0 aliphatic heterocycles. The summed E-state index contributed by atoms with van der Waals surface area (Å²) >= 11 is 0. The Bertz CT molecular complexity index is 150. The maximum atomic E-state index is 9.46. The van der Waals surface area contributed by atoms with Gasteiger partial charge in [-0.1, -0.05) is 18.2 Å². The first kappa shape index (κ1) is 10.4. The Morgan fingerprint density at radius 1 is 1.55 bits per heavy atom. The molecule has 0 aromatic rings. The minimum atomic E-state index is -0.388. The summed E-state index contributed by atoms with van der Waals surface area (Å²) < 4.78 is 0. The van der Waals surface area contributed by atoms with E-state index < -0.39 is 0 Å². The zero-order valence-electron chi connectivity index (χ0n) is 7.46. The first-order chi connectivity index (χ1) is 5.26. The number of hydrogen-bond acceptors (Lipinski definition) is 2. The average molecular weight is 155 g/mol. The number of allylic oxidation sites excluding steroid dienone is 2. The highest BCUT2D eigenvalue weighted by Gasteiger charge is 2.03. The van der Waals surface area contributed by atoms with Crippen LogP contribution in [0.25, 0.3) is 0 Å². The van der Waals surface area contributed by atoms with E-state index in [0.29, 0.717) is 6.54 Å². The molecule has 0 spiro atoms. The molecule has 0 rings (SSSR count). The highest BCUT2D eigenvalue weighted by atomic mass is 16.3. The van der Waals surface area contributed by atoms with Gasteiger partial charge in [0.05, 0.1) is 6.10 Å². The molecule has 0 aliphatic carbocycles. The van der Waals surface area contributed by atoms with Gasteiger partial charge in [0.1, 0.15) is 0 Å². The third kappa shape index (κ3) is 3.96. The molecule has 1 unspecified atom stereocenters. The second kappa shape index (κ2) is 6.13. The molecule has 11 heavy (non-hydrogen) atoms. The fourth-order valence-electron chi connectivity index (χ4n) is 0.903. The fourth-order valence-corrected chi connectivity index (χ4v) is 0.903. The van der Waals surface area contributed by atoms with Crippen LogP contribution < -0.4 is 5.32 Å². The maximum absolute atomic E-state index is 9.46. The summed E-state index contributed by atoms with van der Waals surface area (Å²) in [5.41, 5.74) is 0.960. The Balaban J connectivity index is 4.04. The molecule has 0 saturated carbocycles. The largest absolute Gasteiger partial charge is 0.387 e. The highest BCUT2D eigenvalue weighted by molar-refractivity contribution is 5.21. The molecule has 2 heteroatoms. The first-order valence-corrected chi connectivity index (χ1v) is 3.87. The molecule has 64 valence electrons. The number of aliphatic hydroxyl groups is 1. The molecule has 0 fully saturated rings. The van der Waals surface area contributed by atoms with Crippen molar-refractivity contribution < 1.29 is 5.11 Å². The second-order valence-electron chi connectivity index (χ2n) is 2.36. The van der Waals surface area contributed by atoms with Crippen molar-refractivity contribution in [1.82, 2.24) is 5.32 Å². The third-order valence-electron chi connectivity index (χ3n) is 1.47. The van der Waals surface area contributed by atoms with Crippen molar-refractivity contribution in [1.29, 1.82) is 0 Å². The molecule has 0 heterocycles. The van der Waals surface area contributed by atoms with Gasteiger partial charge in [-0.05, 0) is 26.5 Å². The van der Waals surface area contributed by atoms with Crippen LogP contribution >= 0.6 is 0 Å². The molecule has 0 saturated heterocycles. The summed E-state index contributed by atoms with van der Waals surface area (Å²) in [6, 6.07) is 0. The molecule has 0 aliphatic rings. The van der Waals surface area contributed by atoms with Crippen molar-refractivity contribution in [3.05, 3.63) is 23.8 Å². The quantitative estimate of drug-likeness (QED) is 0.596. The van der Waals surface area contributed by atoms with E-state index in [4.69, 9.17) is 0 Å². The molecular weight excluding hydrogens is 138 g/mol. The maximum Gasteiger partial charge on any atom is 0.0910 e. The highest BCUT2D eigenvalue weighted by Crippen LogP contribution is 2.02. The molecule has 0 radical (unpaired) electrons. The van der Waals surface area contributed by atoms with Gasteiger partial charge >= 0.3 is 0 Å². The fraction of sp³-hybridized carbons (Fsp3) is 0.556. The smallest absolute Gasteiger partial charge is 0.0910 e. The van der Waals surface area contributed by atoms with E-state index in [2.05, 4.69) is 5.32 Å². The number of likely N-dealkylation sites (N-methyl/N-ethyl adjacent to an activating group) is 1. The number of aliphatic hydroxyl groups excluding tert-OH is 1. The normalized spacial score (nSPS) is 15.8. The predicted molar refractivity (Wildman–Crippen MR) is 48.5 cm³/mol. The lowest BCUT2D eigenvalue weighted by atomic mass is 10.1. The summed E-state index contributed by atoms with van der Waals surface area (Å²) in [6.45, 7) is 4.47. The number of hydrogen-bond donors (Lipinski definition) is 2. The van der Waals surface area contributed by atoms with Crippen molar-refractivity contribution in [2.75, 3.05) is 13.6 Å². The van der Waals surface area contributed by atoms with Crippen LogP contribution in [0.3, 0.4) is 0 Å². The van der Waals surface area contributed by atoms with Crippen molar-refractivity contribution in [3.8, 4) is 0 Å². The van der Waals surface area contributed by atoms with Crippen molar-refractivity contribution in [2.45, 2.75) is 20.0 Å². The summed E-state index contributed by atoms with van der Waals surface area (Å²) in [6.07, 6.45) is 5.37. The average Bonchev–Trinajstić information content (AvgIpc) is 2.00. The molecule has 0 bridgehead atoms. The third-order valence-corrected chi connectivity index (χ3v) is 1.47. The van der Waals surface area contributed by atoms with Crippen LogP contribution in [0.5, 0.6) is 0 Å². The Kier molecular flexibility index (Phi) is 5.80. The van der Waals surface area contributed by atoms with Crippen LogP contribution in [-0.2, 0) is 0 Å². The topological polar surface area (TPSA) is 32.3 Å². The van der Waals surface area contributed by atoms with Crippen LogP contribution in [0.1, 0.15) is 13.8 Å². The zero-order chi connectivity index (χ0) is 8.69. The van der Waals surface area contributed by atoms with E-state index in [0.717, 1.165) is 5.57 Å². The molecule has 1 atom stereocenters. The van der Waals surface area contributed by atoms with E-state index in [-0.39, 0.29) is 6.10 Å². The van der Waals surface area contributed by atoms with E-state index >= 15 is 0 Å². The van der Waals surface area contributed by atoms with E-state index in [1.807, 2.05) is 39.1 Å². The molecule has 2 N–H and O–H groups in total. The summed E-state index contributed by atoms with van der Waals surface area (Å²) in [5, 5.41) is 12.4. The molecule has 0 aromatic carbocycles. The Morgan fingerprint density at radius 2 is 2.18 bits per heavy atom. The minimum Gasteiger partial charge on any atom is -0.387 e. The molecule has 2 nitrogen and oxygen atoms in total. The minimum absolute atomic E-state index is 0.388. The summed E-state index contributed by atoms with van der Waals surface area (Å²) in [5.74, 6) is 0. The van der Waals surface area contributed by atoms with Gasteiger partial charge in [-0.25, -0.2) is 0 Å². The Labute approximate surface area is 68.6 Å². The first-order valence-electron chi connectivity index (χ1n) is 3.87. The monoisotopic (exact) mass is 155 g/mol. The second-order valence-corrected chi connectivity index (χ2v) is 2.36. The molecular formula is C9H17NO. The summed E-state index contributed by atoms with van der Waals surface area (Å²) in [4.78, 5) is 0. The van der Waals surface area contributed by atoms with Gasteiger partial charge in [-0.2, -0.15) is 0 Å². The Morgan fingerprint density at radius 3 is 2.55 bits per heavy atom. The predicted octanol–water partition coefficient (Wildman–Crippen LogP) is 1.09. The lowest BCUT2D eigenvalue weighted by Gasteiger charge is -2.10. The number of rotatable bonds is 4. The van der Waals surface area contributed by atoms with E-state index in [1.54, 1.807) is 0 Å². The van der Waals surface area contributed by atoms with Crippen molar-refractivity contribution in [2.24, 2.45) is 0 Å². The molecule has 0 amide bonds. The van der Waals surface area contributed by atoms with Gasteiger partial charge in [0.15, 0.2) is 0 Å². The van der Waals surface area contributed by atoms with Gasteiger partial charge < -0.3 is 10.4 Å². The van der Waals surface area contributed by atoms with Crippen molar-refractivity contribution in [3.63, 3.8) is 0 Å². The van der Waals surface area contributed by atoms with Crippen LogP contribution in [0, 0.1) is 0 Å². The molecule has 0 aromatic heterocycles. The van der Waals surface area contributed by atoms with Crippen LogP contribution in [0.2, 0.25) is 0 Å². The van der Waals surface area contributed by atoms with Gasteiger partial charge in [-0.15, -0.1) is 0 Å². The van der Waals surface area contributed by atoms with Crippen LogP contribution in [-0.4, -0.2) is 24.8 Å². The lowest BCUT2D eigenvalue weighted by Crippen LogP contribution is -2.24. The van der Waals surface area contributed by atoms with E-state index in [9.17, 15) is 5.11 Å². The summed E-state index contributed by atoms with van der Waals surface area (Å²) in [7, 11) is 1.83. The zero-order valence-corrected chi connectivity index (χ0v) is 7.46.